The van der Waals surface area contributed by atoms with E-state index in [0.717, 1.165) is 17.5 Å². The summed E-state index contributed by atoms with van der Waals surface area (Å²) in [5.41, 5.74) is 5.42. The third kappa shape index (κ3) is 5.50. The minimum atomic E-state index is -4.69. The van der Waals surface area contributed by atoms with Gasteiger partial charge in [0.05, 0.1) is 22.8 Å². The van der Waals surface area contributed by atoms with Gasteiger partial charge in [0.2, 0.25) is 0 Å². The Hall–Kier alpha value is -3.18. The zero-order chi connectivity index (χ0) is 22.8. The summed E-state index contributed by atoms with van der Waals surface area (Å²) in [5.74, 6) is -1.34. The second-order valence-electron chi connectivity index (χ2n) is 6.38. The number of nitrogen functional groups attached to an aromatic ring is 1. The van der Waals surface area contributed by atoms with E-state index >= 15 is 0 Å². The molecule has 2 heterocycles. The molecule has 3 rings (SSSR count). The van der Waals surface area contributed by atoms with Crippen molar-refractivity contribution in [2.45, 2.75) is 19.1 Å². The Kier molecular flexibility index (Phi) is 6.46. The summed E-state index contributed by atoms with van der Waals surface area (Å²) in [6, 6.07) is 6.49. The summed E-state index contributed by atoms with van der Waals surface area (Å²) >= 11 is 6.51. The summed E-state index contributed by atoms with van der Waals surface area (Å²) in [5, 5.41) is 4.90. The highest BCUT2D eigenvalue weighted by Crippen LogP contribution is 2.35. The number of carbonyl (C=O) groups excluding carboxylic acids is 2. The van der Waals surface area contributed by atoms with Gasteiger partial charge in [-0.1, -0.05) is 11.6 Å². The Morgan fingerprint density at radius 1 is 1.13 bits per heavy atom. The number of pyridine rings is 1. The van der Waals surface area contributed by atoms with Gasteiger partial charge in [-0.25, -0.2) is 9.97 Å². The highest BCUT2D eigenvalue weighted by Gasteiger charge is 2.34. The van der Waals surface area contributed by atoms with Crippen molar-refractivity contribution in [2.75, 3.05) is 11.1 Å². The first-order chi connectivity index (χ1) is 14.5. The smallest absolute Gasteiger partial charge is 0.399 e. The number of rotatable bonds is 5. The third-order valence-electron chi connectivity index (χ3n) is 4.04. The van der Waals surface area contributed by atoms with Crippen LogP contribution in [0.2, 0.25) is 5.02 Å². The van der Waals surface area contributed by atoms with Gasteiger partial charge in [0, 0.05) is 17.4 Å². The highest BCUT2D eigenvalue weighted by atomic mass is 35.5. The highest BCUT2D eigenvalue weighted by molar-refractivity contribution is 7.13. The third-order valence-corrected chi connectivity index (χ3v) is 5.52. The lowest BCUT2D eigenvalue weighted by Gasteiger charge is -2.11. The van der Waals surface area contributed by atoms with E-state index < -0.39 is 28.7 Å². The van der Waals surface area contributed by atoms with Crippen LogP contribution in [-0.4, -0.2) is 21.8 Å². The van der Waals surface area contributed by atoms with Crippen LogP contribution in [-0.2, 0) is 6.18 Å². The molecule has 1 aromatic carbocycles. The SMILES string of the molecule is CC(NC(=O)c1ccc(N)cc1)c1ncc(C(=O)Nc2cc(C(F)(F)F)c(Cl)cn2)s1. The van der Waals surface area contributed by atoms with Crippen molar-refractivity contribution in [3.8, 4) is 0 Å². The molecule has 12 heteroatoms. The normalized spacial score (nSPS) is 12.3. The second-order valence-corrected chi connectivity index (χ2v) is 7.85. The topological polar surface area (TPSA) is 110 Å². The number of carbonyl (C=O) groups is 2. The van der Waals surface area contributed by atoms with Crippen molar-refractivity contribution in [1.29, 1.82) is 0 Å². The lowest BCUT2D eigenvalue weighted by Crippen LogP contribution is -2.26. The number of hydrogen-bond donors (Lipinski definition) is 3. The number of thiazole rings is 1. The molecule has 1 atom stereocenters. The average Bonchev–Trinajstić information content (AvgIpc) is 3.19. The predicted octanol–water partition coefficient (Wildman–Crippen LogP) is 4.54. The Morgan fingerprint density at radius 3 is 2.45 bits per heavy atom. The number of aromatic nitrogens is 2. The van der Waals surface area contributed by atoms with E-state index in [-0.39, 0.29) is 16.6 Å². The lowest BCUT2D eigenvalue weighted by atomic mass is 10.2. The summed E-state index contributed by atoms with van der Waals surface area (Å²) in [4.78, 5) is 32.6. The predicted molar refractivity (Wildman–Crippen MR) is 111 cm³/mol. The molecule has 0 saturated carbocycles. The summed E-state index contributed by atoms with van der Waals surface area (Å²) < 4.78 is 38.9. The second kappa shape index (κ2) is 8.90. The first-order valence-corrected chi connectivity index (χ1v) is 9.90. The fraction of sp³-hybridized carbons (Fsp3) is 0.158. The van der Waals surface area contributed by atoms with Crippen molar-refractivity contribution in [1.82, 2.24) is 15.3 Å². The van der Waals surface area contributed by atoms with Crippen LogP contribution in [0.3, 0.4) is 0 Å². The molecule has 7 nitrogen and oxygen atoms in total. The van der Waals surface area contributed by atoms with Crippen molar-refractivity contribution < 1.29 is 22.8 Å². The maximum absolute atomic E-state index is 13.0. The van der Waals surface area contributed by atoms with Gasteiger partial charge in [0.15, 0.2) is 0 Å². The van der Waals surface area contributed by atoms with Gasteiger partial charge in [-0.05, 0) is 37.3 Å². The van der Waals surface area contributed by atoms with Crippen LogP contribution in [0, 0.1) is 0 Å². The van der Waals surface area contributed by atoms with E-state index in [4.69, 9.17) is 17.3 Å². The van der Waals surface area contributed by atoms with Gasteiger partial charge in [0.1, 0.15) is 15.7 Å². The van der Waals surface area contributed by atoms with Gasteiger partial charge >= 0.3 is 6.18 Å². The molecule has 31 heavy (non-hydrogen) atoms. The number of nitrogens with two attached hydrogens (primary N) is 1. The maximum atomic E-state index is 13.0. The Labute approximate surface area is 183 Å². The monoisotopic (exact) mass is 469 g/mol. The Morgan fingerprint density at radius 2 is 1.81 bits per heavy atom. The van der Waals surface area contributed by atoms with Gasteiger partial charge in [0.25, 0.3) is 11.8 Å². The molecule has 162 valence electrons. The number of alkyl halides is 3. The van der Waals surface area contributed by atoms with Crippen molar-refractivity contribution in [3.05, 3.63) is 68.8 Å². The number of hydrogen-bond acceptors (Lipinski definition) is 6. The number of nitrogens with zero attached hydrogens (tertiary/aromatic N) is 2. The molecule has 0 radical (unpaired) electrons. The summed E-state index contributed by atoms with van der Waals surface area (Å²) in [6.45, 7) is 1.69. The van der Waals surface area contributed by atoms with Crippen LogP contribution in [0.1, 0.15) is 43.6 Å². The minimum Gasteiger partial charge on any atom is -0.399 e. The van der Waals surface area contributed by atoms with Gasteiger partial charge in [-0.3, -0.25) is 9.59 Å². The number of anilines is 2. The van der Waals surface area contributed by atoms with Crippen LogP contribution in [0.4, 0.5) is 24.7 Å². The van der Waals surface area contributed by atoms with Crippen molar-refractivity contribution in [2.24, 2.45) is 0 Å². The van der Waals surface area contributed by atoms with Gasteiger partial charge < -0.3 is 16.4 Å². The fourth-order valence-electron chi connectivity index (χ4n) is 2.47. The Bertz CT molecular complexity index is 1120. The molecule has 3 aromatic rings. The zero-order valence-corrected chi connectivity index (χ0v) is 17.4. The van der Waals surface area contributed by atoms with E-state index in [1.807, 2.05) is 0 Å². The number of nitrogens with one attached hydrogen (secondary N) is 2. The molecule has 0 saturated heterocycles. The largest absolute Gasteiger partial charge is 0.418 e. The molecule has 0 aliphatic rings. The Balaban J connectivity index is 1.68. The number of amides is 2. The fourth-order valence-corrected chi connectivity index (χ4v) is 3.50. The van der Waals surface area contributed by atoms with E-state index in [2.05, 4.69) is 20.6 Å². The lowest BCUT2D eigenvalue weighted by molar-refractivity contribution is -0.137. The van der Waals surface area contributed by atoms with Gasteiger partial charge in [-0.2, -0.15) is 13.2 Å². The van der Waals surface area contributed by atoms with Crippen LogP contribution in [0.15, 0.2) is 42.7 Å². The summed E-state index contributed by atoms with van der Waals surface area (Å²) in [7, 11) is 0. The molecular formula is C19H15ClF3N5O2S. The molecular weight excluding hydrogens is 455 g/mol. The van der Waals surface area contributed by atoms with E-state index in [0.29, 0.717) is 22.3 Å². The van der Waals surface area contributed by atoms with E-state index in [9.17, 15) is 22.8 Å². The van der Waals surface area contributed by atoms with Gasteiger partial charge in [-0.15, -0.1) is 11.3 Å². The molecule has 0 aliphatic heterocycles. The van der Waals surface area contributed by atoms with Crippen LogP contribution < -0.4 is 16.4 Å². The van der Waals surface area contributed by atoms with Crippen molar-refractivity contribution in [3.63, 3.8) is 0 Å². The molecule has 0 fully saturated rings. The molecule has 4 N–H and O–H groups in total. The molecule has 0 spiro atoms. The first kappa shape index (κ1) is 22.5. The quantitative estimate of drug-likeness (QED) is 0.475. The van der Waals surface area contributed by atoms with Crippen LogP contribution in [0.25, 0.3) is 0 Å². The molecule has 2 amide bonds. The van der Waals surface area contributed by atoms with E-state index in [1.54, 1.807) is 31.2 Å². The molecule has 0 aliphatic carbocycles. The van der Waals surface area contributed by atoms with Crippen molar-refractivity contribution >= 4 is 46.3 Å². The average molecular weight is 470 g/mol. The van der Waals surface area contributed by atoms with Crippen LogP contribution in [0.5, 0.6) is 0 Å². The molecule has 0 bridgehead atoms. The number of benzene rings is 1. The first-order valence-electron chi connectivity index (χ1n) is 8.71. The summed E-state index contributed by atoms with van der Waals surface area (Å²) in [6.07, 6.45) is -2.61. The molecule has 2 aromatic heterocycles. The molecule has 1 unspecified atom stereocenters. The van der Waals surface area contributed by atoms with Crippen LogP contribution >= 0.6 is 22.9 Å². The number of halogens is 4. The maximum Gasteiger partial charge on any atom is 0.418 e. The standard InChI is InChI=1S/C19H15ClF3N5O2S/c1-9(27-16(29)10-2-4-11(24)5-3-10)18-26-8-14(31-18)17(30)28-15-6-12(19(21,22)23)13(20)7-25-15/h2-9H,24H2,1H3,(H,27,29)(H,25,28,30). The zero-order valence-electron chi connectivity index (χ0n) is 15.8. The minimum absolute atomic E-state index is 0.133. The van der Waals surface area contributed by atoms with E-state index in [1.165, 1.54) is 6.20 Å².